The molecule has 0 heterocycles. The summed E-state index contributed by atoms with van der Waals surface area (Å²) in [5.74, 6) is -0.902. The van der Waals surface area contributed by atoms with E-state index in [9.17, 15) is 13.6 Å². The summed E-state index contributed by atoms with van der Waals surface area (Å²) in [4.78, 5) is 10.8. The molecule has 0 aliphatic rings. The summed E-state index contributed by atoms with van der Waals surface area (Å²) >= 11 is 0. The van der Waals surface area contributed by atoms with Gasteiger partial charge in [-0.05, 0) is 29.8 Å². The molecule has 2 aromatic rings. The molecule has 0 saturated carbocycles. The van der Waals surface area contributed by atoms with Crippen LogP contribution >= 0.6 is 0 Å². The van der Waals surface area contributed by atoms with Gasteiger partial charge in [0.25, 0.3) is 0 Å². The number of anilines is 1. The van der Waals surface area contributed by atoms with Gasteiger partial charge in [0.15, 0.2) is 0 Å². The number of hydrogen-bond donors (Lipinski definition) is 1. The summed E-state index contributed by atoms with van der Waals surface area (Å²) in [5, 5.41) is 2.37. The molecule has 0 fully saturated rings. The number of benzene rings is 2. The average molecular weight is 277 g/mol. The molecule has 0 radical (unpaired) electrons. The standard InChI is InChI=1S/C15H13F2NO2/c1-10(19)18-15-7-6-13(8-14(15)17)20-9-11-2-4-12(16)5-3-11/h2-8H,9H2,1H3,(H,18,19). The fraction of sp³-hybridized carbons (Fsp3) is 0.133. The molecule has 0 unspecified atom stereocenters. The van der Waals surface area contributed by atoms with E-state index in [1.54, 1.807) is 18.2 Å². The second-order valence-electron chi connectivity index (χ2n) is 4.24. The smallest absolute Gasteiger partial charge is 0.221 e. The molecule has 0 bridgehead atoms. The van der Waals surface area contributed by atoms with Crippen molar-refractivity contribution in [3.05, 3.63) is 59.7 Å². The van der Waals surface area contributed by atoms with Gasteiger partial charge in [-0.25, -0.2) is 8.78 Å². The molecule has 0 aliphatic carbocycles. The summed E-state index contributed by atoms with van der Waals surface area (Å²) < 4.78 is 31.8. The van der Waals surface area contributed by atoms with Gasteiger partial charge in [-0.2, -0.15) is 0 Å². The van der Waals surface area contributed by atoms with Crippen LogP contribution in [0.3, 0.4) is 0 Å². The van der Waals surface area contributed by atoms with Crippen LogP contribution in [0.5, 0.6) is 5.75 Å². The lowest BCUT2D eigenvalue weighted by Crippen LogP contribution is -2.07. The van der Waals surface area contributed by atoms with Crippen LogP contribution in [0.15, 0.2) is 42.5 Å². The molecule has 1 amide bonds. The minimum absolute atomic E-state index is 0.103. The van der Waals surface area contributed by atoms with E-state index in [1.165, 1.54) is 31.2 Å². The van der Waals surface area contributed by atoms with E-state index in [0.717, 1.165) is 5.56 Å². The monoisotopic (exact) mass is 277 g/mol. The summed E-state index contributed by atoms with van der Waals surface area (Å²) in [6.45, 7) is 1.51. The van der Waals surface area contributed by atoms with Crippen LogP contribution < -0.4 is 10.1 Å². The summed E-state index contributed by atoms with van der Waals surface area (Å²) in [5.41, 5.74) is 0.879. The number of carbonyl (C=O) groups is 1. The lowest BCUT2D eigenvalue weighted by atomic mass is 10.2. The lowest BCUT2D eigenvalue weighted by Gasteiger charge is -2.09. The van der Waals surface area contributed by atoms with Crippen LogP contribution in [0.4, 0.5) is 14.5 Å². The van der Waals surface area contributed by atoms with Gasteiger partial charge in [0.05, 0.1) is 5.69 Å². The molecule has 104 valence electrons. The molecule has 0 aromatic heterocycles. The van der Waals surface area contributed by atoms with E-state index in [0.29, 0.717) is 5.75 Å². The number of carbonyl (C=O) groups excluding carboxylic acids is 1. The molecule has 3 nitrogen and oxygen atoms in total. The zero-order chi connectivity index (χ0) is 14.5. The number of halogens is 2. The van der Waals surface area contributed by atoms with Crippen molar-refractivity contribution in [2.75, 3.05) is 5.32 Å². The summed E-state index contributed by atoms with van der Waals surface area (Å²) in [6, 6.07) is 10.0. The Balaban J connectivity index is 2.01. The Morgan fingerprint density at radius 3 is 2.45 bits per heavy atom. The van der Waals surface area contributed by atoms with Crippen molar-refractivity contribution in [1.29, 1.82) is 0 Å². The molecule has 2 rings (SSSR count). The zero-order valence-corrected chi connectivity index (χ0v) is 10.8. The third-order valence-corrected chi connectivity index (χ3v) is 2.57. The summed E-state index contributed by atoms with van der Waals surface area (Å²) in [6.07, 6.45) is 0. The van der Waals surface area contributed by atoms with Crippen molar-refractivity contribution in [2.45, 2.75) is 13.5 Å². The van der Waals surface area contributed by atoms with Crippen LogP contribution in [0, 0.1) is 11.6 Å². The molecule has 0 atom stereocenters. The Hall–Kier alpha value is -2.43. The zero-order valence-electron chi connectivity index (χ0n) is 10.8. The Labute approximate surface area is 115 Å². The maximum atomic E-state index is 13.6. The topological polar surface area (TPSA) is 38.3 Å². The van der Waals surface area contributed by atoms with E-state index < -0.39 is 5.82 Å². The first-order valence-electron chi connectivity index (χ1n) is 5.99. The van der Waals surface area contributed by atoms with E-state index in [1.807, 2.05) is 0 Å². The normalized spacial score (nSPS) is 10.2. The number of hydrogen-bond acceptors (Lipinski definition) is 2. The highest BCUT2D eigenvalue weighted by Crippen LogP contribution is 2.21. The SMILES string of the molecule is CC(=O)Nc1ccc(OCc2ccc(F)cc2)cc1F. The van der Waals surface area contributed by atoms with Crippen LogP contribution in [-0.2, 0) is 11.4 Å². The van der Waals surface area contributed by atoms with E-state index >= 15 is 0 Å². The van der Waals surface area contributed by atoms with Crippen molar-refractivity contribution in [3.63, 3.8) is 0 Å². The largest absolute Gasteiger partial charge is 0.489 e. The highest BCUT2D eigenvalue weighted by Gasteiger charge is 2.06. The Morgan fingerprint density at radius 2 is 1.85 bits per heavy atom. The first-order chi connectivity index (χ1) is 9.54. The Bertz CT molecular complexity index is 612. The quantitative estimate of drug-likeness (QED) is 0.928. The molecule has 20 heavy (non-hydrogen) atoms. The first kappa shape index (κ1) is 14.0. The fourth-order valence-electron chi connectivity index (χ4n) is 1.62. The lowest BCUT2D eigenvalue weighted by molar-refractivity contribution is -0.114. The highest BCUT2D eigenvalue weighted by molar-refractivity contribution is 5.88. The third kappa shape index (κ3) is 3.78. The molecule has 5 heteroatoms. The molecule has 0 saturated heterocycles. The van der Waals surface area contributed by atoms with Crippen LogP contribution in [0.1, 0.15) is 12.5 Å². The number of ether oxygens (including phenoxy) is 1. The highest BCUT2D eigenvalue weighted by atomic mass is 19.1. The summed E-state index contributed by atoms with van der Waals surface area (Å²) in [7, 11) is 0. The minimum atomic E-state index is -0.572. The second kappa shape index (κ2) is 6.14. The maximum absolute atomic E-state index is 13.6. The number of nitrogens with one attached hydrogen (secondary N) is 1. The van der Waals surface area contributed by atoms with Crippen molar-refractivity contribution < 1.29 is 18.3 Å². The van der Waals surface area contributed by atoms with Crippen LogP contribution in [-0.4, -0.2) is 5.91 Å². The molecule has 0 aliphatic heterocycles. The Kier molecular flexibility index (Phi) is 4.30. The van der Waals surface area contributed by atoms with Crippen molar-refractivity contribution in [2.24, 2.45) is 0 Å². The molecule has 1 N–H and O–H groups in total. The minimum Gasteiger partial charge on any atom is -0.489 e. The van der Waals surface area contributed by atoms with Gasteiger partial charge < -0.3 is 10.1 Å². The number of rotatable bonds is 4. The van der Waals surface area contributed by atoms with E-state index in [4.69, 9.17) is 4.74 Å². The van der Waals surface area contributed by atoms with Crippen molar-refractivity contribution >= 4 is 11.6 Å². The first-order valence-corrected chi connectivity index (χ1v) is 5.99. The molecule has 2 aromatic carbocycles. The van der Waals surface area contributed by atoms with Gasteiger partial charge in [0, 0.05) is 13.0 Å². The van der Waals surface area contributed by atoms with Gasteiger partial charge in [0.2, 0.25) is 5.91 Å². The fourth-order valence-corrected chi connectivity index (χ4v) is 1.62. The third-order valence-electron chi connectivity index (χ3n) is 2.57. The molecular formula is C15H13F2NO2. The van der Waals surface area contributed by atoms with Gasteiger partial charge in [-0.15, -0.1) is 0 Å². The second-order valence-corrected chi connectivity index (χ2v) is 4.24. The van der Waals surface area contributed by atoms with E-state index in [-0.39, 0.29) is 24.0 Å². The predicted molar refractivity (Wildman–Crippen MR) is 71.4 cm³/mol. The van der Waals surface area contributed by atoms with Gasteiger partial charge in [-0.1, -0.05) is 12.1 Å². The maximum Gasteiger partial charge on any atom is 0.221 e. The van der Waals surface area contributed by atoms with Crippen LogP contribution in [0.2, 0.25) is 0 Å². The number of amides is 1. The van der Waals surface area contributed by atoms with Crippen molar-refractivity contribution in [3.8, 4) is 5.75 Å². The molecular weight excluding hydrogens is 264 g/mol. The Morgan fingerprint density at radius 1 is 1.15 bits per heavy atom. The van der Waals surface area contributed by atoms with Gasteiger partial charge >= 0.3 is 0 Å². The van der Waals surface area contributed by atoms with Gasteiger partial charge in [0.1, 0.15) is 24.0 Å². The van der Waals surface area contributed by atoms with Crippen LogP contribution in [0.25, 0.3) is 0 Å². The van der Waals surface area contributed by atoms with Crippen molar-refractivity contribution in [1.82, 2.24) is 0 Å². The average Bonchev–Trinajstić information content (AvgIpc) is 2.40. The van der Waals surface area contributed by atoms with E-state index in [2.05, 4.69) is 5.32 Å². The molecule has 0 spiro atoms. The van der Waals surface area contributed by atoms with Gasteiger partial charge in [-0.3, -0.25) is 4.79 Å². The predicted octanol–water partition coefficient (Wildman–Crippen LogP) is 3.50.